The molecule has 3 nitrogen and oxygen atoms in total. The number of aromatic amines is 1. The van der Waals surface area contributed by atoms with E-state index in [4.69, 9.17) is 0 Å². The Morgan fingerprint density at radius 3 is 2.77 bits per heavy atom. The minimum Gasteiger partial charge on any atom is -0.506 e. The maximum Gasteiger partial charge on any atom is 0.189 e. The molecule has 0 amide bonds. The molecule has 2 N–H and O–H groups in total. The van der Waals surface area contributed by atoms with Crippen LogP contribution in [0.15, 0.2) is 29.2 Å². The van der Waals surface area contributed by atoms with Gasteiger partial charge in [0.25, 0.3) is 0 Å². The fraction of sp³-hybridized carbons (Fsp3) is 0.100. The fourth-order valence-corrected chi connectivity index (χ4v) is 1.44. The van der Waals surface area contributed by atoms with E-state index in [0.29, 0.717) is 10.9 Å². The molecular formula is C10H9NO2. The quantitative estimate of drug-likeness (QED) is 0.638. The lowest BCUT2D eigenvalue weighted by Crippen LogP contribution is -2.01. The number of hydrogen-bond acceptors (Lipinski definition) is 2. The van der Waals surface area contributed by atoms with Crippen LogP contribution < -0.4 is 5.43 Å². The summed E-state index contributed by atoms with van der Waals surface area (Å²) in [5.41, 5.74) is 1.31. The van der Waals surface area contributed by atoms with Crippen LogP contribution in [0.3, 0.4) is 0 Å². The Bertz CT molecular complexity index is 514. The predicted molar refractivity (Wildman–Crippen MR) is 51.0 cm³/mol. The molecule has 1 aromatic heterocycles. The van der Waals surface area contributed by atoms with Crippen LogP contribution in [0.1, 0.15) is 5.56 Å². The van der Waals surface area contributed by atoms with E-state index in [9.17, 15) is 9.90 Å². The van der Waals surface area contributed by atoms with Crippen molar-refractivity contribution in [3.05, 3.63) is 40.2 Å². The van der Waals surface area contributed by atoms with E-state index in [1.807, 2.05) is 6.92 Å². The molecule has 1 heterocycles. The molecule has 0 radical (unpaired) electrons. The van der Waals surface area contributed by atoms with Crippen LogP contribution in [-0.4, -0.2) is 10.1 Å². The largest absolute Gasteiger partial charge is 0.506 e. The maximum atomic E-state index is 11.4. The molecule has 0 bridgehead atoms. The molecule has 66 valence electrons. The summed E-state index contributed by atoms with van der Waals surface area (Å²) in [5.74, 6) is 0.110. The van der Waals surface area contributed by atoms with E-state index < -0.39 is 0 Å². The maximum absolute atomic E-state index is 11.4. The zero-order chi connectivity index (χ0) is 9.42. The number of H-pyrrole nitrogens is 1. The zero-order valence-corrected chi connectivity index (χ0v) is 7.16. The number of hydrogen-bond donors (Lipinski definition) is 2. The second kappa shape index (κ2) is 2.62. The van der Waals surface area contributed by atoms with Crippen molar-refractivity contribution < 1.29 is 5.11 Å². The molecule has 1 aromatic carbocycles. The van der Waals surface area contributed by atoms with Crippen molar-refractivity contribution in [3.8, 4) is 5.75 Å². The minimum absolute atomic E-state index is 0.0675. The van der Waals surface area contributed by atoms with Crippen molar-refractivity contribution in [3.63, 3.8) is 0 Å². The van der Waals surface area contributed by atoms with Gasteiger partial charge in [0.2, 0.25) is 0 Å². The molecule has 0 aliphatic heterocycles. The number of aromatic nitrogens is 1. The Hall–Kier alpha value is -1.77. The molecule has 3 heteroatoms. The summed E-state index contributed by atoms with van der Waals surface area (Å²) in [5, 5.41) is 10.0. The number of nitrogens with one attached hydrogen (secondary N) is 1. The van der Waals surface area contributed by atoms with Gasteiger partial charge in [-0.25, -0.2) is 0 Å². The van der Waals surface area contributed by atoms with Crippen molar-refractivity contribution in [2.75, 3.05) is 0 Å². The lowest BCUT2D eigenvalue weighted by molar-refractivity contribution is 0.480. The van der Waals surface area contributed by atoms with Gasteiger partial charge in [0.15, 0.2) is 5.43 Å². The van der Waals surface area contributed by atoms with Crippen LogP contribution in [0, 0.1) is 6.92 Å². The summed E-state index contributed by atoms with van der Waals surface area (Å²) in [7, 11) is 0. The van der Waals surface area contributed by atoms with E-state index >= 15 is 0 Å². The Kier molecular flexibility index (Phi) is 1.59. The van der Waals surface area contributed by atoms with Gasteiger partial charge in [-0.2, -0.15) is 0 Å². The molecule has 0 aliphatic rings. The number of aromatic hydroxyl groups is 1. The molecule has 0 saturated carbocycles. The van der Waals surface area contributed by atoms with Gasteiger partial charge >= 0.3 is 0 Å². The summed E-state index contributed by atoms with van der Waals surface area (Å²) < 4.78 is 0. The van der Waals surface area contributed by atoms with Gasteiger partial charge in [0.1, 0.15) is 5.75 Å². The van der Waals surface area contributed by atoms with Gasteiger partial charge < -0.3 is 10.1 Å². The van der Waals surface area contributed by atoms with E-state index in [1.165, 1.54) is 12.3 Å². The zero-order valence-electron chi connectivity index (χ0n) is 7.16. The highest BCUT2D eigenvalue weighted by Gasteiger charge is 2.04. The first-order valence-corrected chi connectivity index (χ1v) is 4.00. The van der Waals surface area contributed by atoms with Crippen molar-refractivity contribution >= 4 is 10.9 Å². The Labute approximate surface area is 74.7 Å². The average molecular weight is 175 g/mol. The highest BCUT2D eigenvalue weighted by atomic mass is 16.3. The van der Waals surface area contributed by atoms with Crippen molar-refractivity contribution in [1.82, 2.24) is 4.98 Å². The highest BCUT2D eigenvalue weighted by molar-refractivity contribution is 5.86. The molecule has 0 saturated heterocycles. The number of pyridine rings is 1. The molecule has 0 atom stereocenters. The summed E-state index contributed by atoms with van der Waals surface area (Å²) >= 11 is 0. The molecule has 0 fully saturated rings. The van der Waals surface area contributed by atoms with Crippen LogP contribution in [0.2, 0.25) is 0 Å². The summed E-state index contributed by atoms with van der Waals surface area (Å²) in [6.45, 7) is 1.84. The Morgan fingerprint density at radius 1 is 1.31 bits per heavy atom. The van der Waals surface area contributed by atoms with Crippen LogP contribution in [0.5, 0.6) is 5.75 Å². The normalized spacial score (nSPS) is 10.5. The molecule has 2 rings (SSSR count). The van der Waals surface area contributed by atoms with Gasteiger partial charge in [0, 0.05) is 12.3 Å². The van der Waals surface area contributed by atoms with Crippen molar-refractivity contribution in [2.45, 2.75) is 6.92 Å². The Balaban J connectivity index is 3.09. The van der Waals surface area contributed by atoms with E-state index in [0.717, 1.165) is 5.56 Å². The molecule has 0 aliphatic carbocycles. The average Bonchev–Trinajstić information content (AvgIpc) is 2.12. The smallest absolute Gasteiger partial charge is 0.189 e. The van der Waals surface area contributed by atoms with Gasteiger partial charge in [-0.15, -0.1) is 0 Å². The summed E-state index contributed by atoms with van der Waals surface area (Å²) in [4.78, 5) is 14.3. The lowest BCUT2D eigenvalue weighted by atomic mass is 10.1. The van der Waals surface area contributed by atoms with Crippen LogP contribution in [0.25, 0.3) is 10.9 Å². The van der Waals surface area contributed by atoms with E-state index in [2.05, 4.69) is 4.98 Å². The topological polar surface area (TPSA) is 53.1 Å². The van der Waals surface area contributed by atoms with Gasteiger partial charge in [-0.1, -0.05) is 6.07 Å². The number of phenolic OH excluding ortho intramolecular Hbond substituents is 1. The number of benzene rings is 1. The first-order valence-electron chi connectivity index (χ1n) is 4.00. The lowest BCUT2D eigenvalue weighted by Gasteiger charge is -2.02. The highest BCUT2D eigenvalue weighted by Crippen LogP contribution is 2.21. The second-order valence-corrected chi connectivity index (χ2v) is 2.99. The minimum atomic E-state index is -0.0675. The summed E-state index contributed by atoms with van der Waals surface area (Å²) in [6, 6.07) is 4.76. The van der Waals surface area contributed by atoms with Crippen molar-refractivity contribution in [2.24, 2.45) is 0 Å². The van der Waals surface area contributed by atoms with E-state index in [-0.39, 0.29) is 11.2 Å². The van der Waals surface area contributed by atoms with Gasteiger partial charge in [-0.05, 0) is 18.6 Å². The number of aryl methyl sites for hydroxylation is 1. The van der Waals surface area contributed by atoms with Crippen LogP contribution in [0.4, 0.5) is 0 Å². The third-order valence-corrected chi connectivity index (χ3v) is 2.10. The molecule has 2 aromatic rings. The van der Waals surface area contributed by atoms with Crippen LogP contribution >= 0.6 is 0 Å². The second-order valence-electron chi connectivity index (χ2n) is 2.99. The fourth-order valence-electron chi connectivity index (χ4n) is 1.44. The van der Waals surface area contributed by atoms with Gasteiger partial charge in [-0.3, -0.25) is 4.79 Å². The monoisotopic (exact) mass is 175 g/mol. The van der Waals surface area contributed by atoms with E-state index in [1.54, 1.807) is 12.1 Å². The third-order valence-electron chi connectivity index (χ3n) is 2.10. The van der Waals surface area contributed by atoms with Gasteiger partial charge in [0.05, 0.1) is 10.9 Å². The molecule has 0 unspecified atom stereocenters. The predicted octanol–water partition coefficient (Wildman–Crippen LogP) is 1.54. The number of phenols is 1. The Morgan fingerprint density at radius 2 is 2.08 bits per heavy atom. The molecule has 0 spiro atoms. The third kappa shape index (κ3) is 1.09. The number of fused-ring (bicyclic) bond motifs is 1. The first-order chi connectivity index (χ1) is 6.20. The van der Waals surface area contributed by atoms with Crippen molar-refractivity contribution in [1.29, 1.82) is 0 Å². The van der Waals surface area contributed by atoms with Crippen LogP contribution in [-0.2, 0) is 0 Å². The molecule has 13 heavy (non-hydrogen) atoms. The SMILES string of the molecule is Cc1ccc(O)c2[nH]ccc(=O)c12. The number of rotatable bonds is 0. The summed E-state index contributed by atoms with van der Waals surface area (Å²) in [6.07, 6.45) is 1.53. The standard InChI is InChI=1S/C10H9NO2/c1-6-2-3-8(13)10-9(6)7(12)4-5-11-10/h2-5,13H,1H3,(H,11,12). The molecular weight excluding hydrogens is 166 g/mol. The first kappa shape index (κ1) is 7.86.